The van der Waals surface area contributed by atoms with Crippen LogP contribution in [0.2, 0.25) is 0 Å². The van der Waals surface area contributed by atoms with Crippen LogP contribution < -0.4 is 10.0 Å². The van der Waals surface area contributed by atoms with E-state index in [9.17, 15) is 8.42 Å². The molecule has 1 aliphatic carbocycles. The van der Waals surface area contributed by atoms with Gasteiger partial charge in [0.25, 0.3) is 0 Å². The van der Waals surface area contributed by atoms with Gasteiger partial charge in [0.1, 0.15) is 0 Å². The van der Waals surface area contributed by atoms with Crippen molar-refractivity contribution in [2.24, 2.45) is 0 Å². The summed E-state index contributed by atoms with van der Waals surface area (Å²) in [7, 11) is -1.53. The number of hydrogen-bond donors (Lipinski definition) is 2. The number of benzene rings is 1. The molecule has 1 atom stereocenters. The number of sulfonamides is 1. The average molecular weight is 280 g/mol. The van der Waals surface area contributed by atoms with Crippen LogP contribution in [0.4, 0.5) is 0 Å². The van der Waals surface area contributed by atoms with Crippen LogP contribution in [0.1, 0.15) is 24.8 Å². The highest BCUT2D eigenvalue weighted by Crippen LogP contribution is 2.16. The maximum Gasteiger partial charge on any atom is 0.240 e. The lowest BCUT2D eigenvalue weighted by Gasteiger charge is -2.19. The number of allylic oxidation sites excluding steroid dienone is 1. The fourth-order valence-electron chi connectivity index (χ4n) is 2.18. The van der Waals surface area contributed by atoms with Crippen molar-refractivity contribution in [3.05, 3.63) is 42.0 Å². The maximum absolute atomic E-state index is 12.2. The van der Waals surface area contributed by atoms with Gasteiger partial charge in [-0.3, -0.25) is 0 Å². The summed E-state index contributed by atoms with van der Waals surface area (Å²) in [6.07, 6.45) is 6.71. The number of hydrogen-bond acceptors (Lipinski definition) is 3. The normalized spacial score (nSPS) is 19.5. The average Bonchev–Trinajstić information content (AvgIpc) is 2.40. The van der Waals surface area contributed by atoms with Crippen LogP contribution in [0, 0.1) is 0 Å². The van der Waals surface area contributed by atoms with Crippen LogP contribution in [0.3, 0.4) is 0 Å². The minimum atomic E-state index is -3.40. The van der Waals surface area contributed by atoms with Crippen LogP contribution in [0.25, 0.3) is 0 Å². The highest BCUT2D eigenvalue weighted by atomic mass is 32.2. The van der Waals surface area contributed by atoms with Gasteiger partial charge in [0.2, 0.25) is 10.0 Å². The Hall–Kier alpha value is -1.17. The van der Waals surface area contributed by atoms with Gasteiger partial charge in [0, 0.05) is 12.6 Å². The van der Waals surface area contributed by atoms with Gasteiger partial charge in [-0.15, -0.1) is 0 Å². The first kappa shape index (κ1) is 14.2. The van der Waals surface area contributed by atoms with E-state index >= 15 is 0 Å². The van der Waals surface area contributed by atoms with E-state index in [2.05, 4.69) is 16.1 Å². The third-order valence-electron chi connectivity index (χ3n) is 3.21. The van der Waals surface area contributed by atoms with Crippen molar-refractivity contribution < 1.29 is 8.42 Å². The monoisotopic (exact) mass is 280 g/mol. The van der Waals surface area contributed by atoms with Gasteiger partial charge in [-0.25, -0.2) is 13.1 Å². The molecule has 4 nitrogen and oxygen atoms in total. The summed E-state index contributed by atoms with van der Waals surface area (Å²) in [4.78, 5) is 0.335. The second-order valence-corrected chi connectivity index (χ2v) is 6.49. The van der Waals surface area contributed by atoms with Crippen molar-refractivity contribution in [2.45, 2.75) is 36.7 Å². The van der Waals surface area contributed by atoms with Crippen molar-refractivity contribution in [3.63, 3.8) is 0 Å². The van der Waals surface area contributed by atoms with E-state index in [4.69, 9.17) is 0 Å². The minimum absolute atomic E-state index is 0.0204. The summed E-state index contributed by atoms with van der Waals surface area (Å²) in [6.45, 7) is 0.737. The van der Waals surface area contributed by atoms with Crippen LogP contribution in [0.15, 0.2) is 41.3 Å². The summed E-state index contributed by atoms with van der Waals surface area (Å²) in [5.41, 5.74) is 1.07. The van der Waals surface area contributed by atoms with Crippen molar-refractivity contribution in [2.75, 3.05) is 7.05 Å². The van der Waals surface area contributed by atoms with Crippen molar-refractivity contribution in [1.82, 2.24) is 10.0 Å². The lowest BCUT2D eigenvalue weighted by atomic mass is 10.0. The minimum Gasteiger partial charge on any atom is -0.316 e. The molecule has 1 aromatic carbocycles. The Morgan fingerprint density at radius 1 is 1.21 bits per heavy atom. The lowest BCUT2D eigenvalue weighted by molar-refractivity contribution is 0.522. The second-order valence-electron chi connectivity index (χ2n) is 4.78. The molecule has 1 aromatic rings. The second kappa shape index (κ2) is 6.32. The van der Waals surface area contributed by atoms with Gasteiger partial charge >= 0.3 is 0 Å². The first-order valence-electron chi connectivity index (χ1n) is 6.53. The van der Waals surface area contributed by atoms with E-state index in [1.165, 1.54) is 0 Å². The molecule has 2 N–H and O–H groups in total. The standard InChI is InChI=1S/C14H20N2O2S/c1-15-11-12-7-9-14(10-8-12)19(17,18)16-13-5-3-2-4-6-13/h2-3,7-10,13,15-16H,4-6,11H2,1H3. The Morgan fingerprint density at radius 2 is 1.95 bits per heavy atom. The largest absolute Gasteiger partial charge is 0.316 e. The van der Waals surface area contributed by atoms with E-state index in [0.29, 0.717) is 4.90 Å². The van der Waals surface area contributed by atoms with E-state index in [0.717, 1.165) is 31.4 Å². The molecule has 0 bridgehead atoms. The summed E-state index contributed by atoms with van der Waals surface area (Å²) in [6, 6.07) is 7.02. The van der Waals surface area contributed by atoms with Crippen LogP contribution >= 0.6 is 0 Å². The fraction of sp³-hybridized carbons (Fsp3) is 0.429. The Bertz CT molecular complexity index is 535. The molecule has 0 saturated carbocycles. The number of nitrogens with one attached hydrogen (secondary N) is 2. The van der Waals surface area contributed by atoms with Crippen molar-refractivity contribution in [1.29, 1.82) is 0 Å². The van der Waals surface area contributed by atoms with Gasteiger partial charge in [-0.05, 0) is 44.0 Å². The smallest absolute Gasteiger partial charge is 0.240 e. The zero-order valence-electron chi connectivity index (χ0n) is 11.1. The van der Waals surface area contributed by atoms with Crippen LogP contribution in [-0.4, -0.2) is 21.5 Å². The summed E-state index contributed by atoms with van der Waals surface area (Å²) in [5, 5.41) is 3.04. The van der Waals surface area contributed by atoms with Crippen LogP contribution in [0.5, 0.6) is 0 Å². The first-order valence-corrected chi connectivity index (χ1v) is 8.01. The maximum atomic E-state index is 12.2. The summed E-state index contributed by atoms with van der Waals surface area (Å²) in [5.74, 6) is 0. The van der Waals surface area contributed by atoms with Gasteiger partial charge in [0.15, 0.2) is 0 Å². The summed E-state index contributed by atoms with van der Waals surface area (Å²) >= 11 is 0. The topological polar surface area (TPSA) is 58.2 Å². The van der Waals surface area contributed by atoms with Gasteiger partial charge < -0.3 is 5.32 Å². The molecule has 0 radical (unpaired) electrons. The molecule has 104 valence electrons. The highest BCUT2D eigenvalue weighted by Gasteiger charge is 2.19. The van der Waals surface area contributed by atoms with Crippen molar-refractivity contribution in [3.8, 4) is 0 Å². The van der Waals surface area contributed by atoms with Crippen molar-refractivity contribution >= 4 is 10.0 Å². The SMILES string of the molecule is CNCc1ccc(S(=O)(=O)NC2CC=CCC2)cc1. The molecule has 0 fully saturated rings. The van der Waals surface area contributed by atoms with E-state index in [1.807, 2.05) is 25.3 Å². The Morgan fingerprint density at radius 3 is 2.53 bits per heavy atom. The molecule has 1 unspecified atom stereocenters. The molecule has 0 aromatic heterocycles. The molecule has 1 aliphatic rings. The molecular formula is C14H20N2O2S. The molecule has 0 saturated heterocycles. The Kier molecular flexibility index (Phi) is 4.74. The van der Waals surface area contributed by atoms with Gasteiger partial charge in [-0.2, -0.15) is 0 Å². The van der Waals surface area contributed by atoms with Crippen LogP contribution in [-0.2, 0) is 16.6 Å². The van der Waals surface area contributed by atoms with E-state index in [1.54, 1.807) is 12.1 Å². The third-order valence-corrected chi connectivity index (χ3v) is 4.74. The predicted octanol–water partition coefficient (Wildman–Crippen LogP) is 1.79. The van der Waals surface area contributed by atoms with Gasteiger partial charge in [0.05, 0.1) is 4.90 Å². The van der Waals surface area contributed by atoms with Gasteiger partial charge in [-0.1, -0.05) is 24.3 Å². The third kappa shape index (κ3) is 3.89. The Labute approximate surface area is 115 Å². The zero-order chi connectivity index (χ0) is 13.7. The molecule has 0 spiro atoms. The number of rotatable bonds is 5. The molecule has 0 heterocycles. The molecular weight excluding hydrogens is 260 g/mol. The molecule has 0 aliphatic heterocycles. The lowest BCUT2D eigenvalue weighted by Crippen LogP contribution is -2.35. The predicted molar refractivity (Wildman–Crippen MR) is 76.3 cm³/mol. The molecule has 5 heteroatoms. The fourth-order valence-corrected chi connectivity index (χ4v) is 3.46. The quantitative estimate of drug-likeness (QED) is 0.809. The molecule has 0 amide bonds. The Balaban J connectivity index is 2.08. The summed E-state index contributed by atoms with van der Waals surface area (Å²) < 4.78 is 27.2. The van der Waals surface area contributed by atoms with E-state index < -0.39 is 10.0 Å². The zero-order valence-corrected chi connectivity index (χ0v) is 11.9. The van der Waals surface area contributed by atoms with E-state index in [-0.39, 0.29) is 6.04 Å². The molecule has 2 rings (SSSR count). The molecule has 19 heavy (non-hydrogen) atoms. The highest BCUT2D eigenvalue weighted by molar-refractivity contribution is 7.89. The first-order chi connectivity index (χ1) is 9.12.